The molecule has 0 aliphatic rings. The van der Waals surface area contributed by atoms with Gasteiger partial charge in [-0.3, -0.25) is 28.8 Å². The molecular formula is C15H13N5O4S. The Morgan fingerprint density at radius 2 is 1.80 bits per heavy atom. The first-order valence-electron chi connectivity index (χ1n) is 7.14. The number of ketones is 1. The Balaban J connectivity index is 2.01. The number of rotatable bonds is 3. The number of amides is 1. The van der Waals surface area contributed by atoms with E-state index in [0.29, 0.717) is 0 Å². The van der Waals surface area contributed by atoms with E-state index in [4.69, 9.17) is 0 Å². The standard InChI is InChI=1S/C15H13N5O4S/c1-7(21)10-6-25-14(17-10)18-12(22)9-5-4-8-11(16-9)19(2)15(24)20(3)13(8)23/h4-6H,1-3H3,(H,17,18,22). The van der Waals surface area contributed by atoms with E-state index in [1.807, 2.05) is 0 Å². The molecule has 3 aromatic heterocycles. The fourth-order valence-electron chi connectivity index (χ4n) is 2.23. The van der Waals surface area contributed by atoms with E-state index in [-0.39, 0.29) is 33.3 Å². The zero-order valence-electron chi connectivity index (χ0n) is 13.6. The molecule has 0 bridgehead atoms. The van der Waals surface area contributed by atoms with Gasteiger partial charge in [-0.1, -0.05) is 0 Å². The number of fused-ring (bicyclic) bond motifs is 1. The normalized spacial score (nSPS) is 10.8. The van der Waals surface area contributed by atoms with Crippen LogP contribution in [0.15, 0.2) is 27.1 Å². The van der Waals surface area contributed by atoms with Crippen molar-refractivity contribution in [1.29, 1.82) is 0 Å². The zero-order chi connectivity index (χ0) is 18.3. The number of hydrogen-bond donors (Lipinski definition) is 1. The van der Waals surface area contributed by atoms with Crippen molar-refractivity contribution in [3.8, 4) is 0 Å². The van der Waals surface area contributed by atoms with Gasteiger partial charge in [0, 0.05) is 26.4 Å². The van der Waals surface area contributed by atoms with Crippen LogP contribution in [-0.4, -0.2) is 30.8 Å². The van der Waals surface area contributed by atoms with Crippen molar-refractivity contribution in [3.05, 3.63) is 49.7 Å². The lowest BCUT2D eigenvalue weighted by atomic mass is 10.2. The summed E-state index contributed by atoms with van der Waals surface area (Å²) >= 11 is 1.11. The summed E-state index contributed by atoms with van der Waals surface area (Å²) in [4.78, 5) is 55.8. The molecule has 3 heterocycles. The van der Waals surface area contributed by atoms with Gasteiger partial charge >= 0.3 is 5.69 Å². The highest BCUT2D eigenvalue weighted by molar-refractivity contribution is 7.14. The maximum Gasteiger partial charge on any atom is 0.332 e. The second kappa shape index (κ2) is 6.06. The number of carbonyl (C=O) groups is 2. The number of nitrogens with one attached hydrogen (secondary N) is 1. The third kappa shape index (κ3) is 2.87. The Morgan fingerprint density at radius 3 is 2.44 bits per heavy atom. The molecule has 9 nitrogen and oxygen atoms in total. The molecule has 0 aliphatic heterocycles. The van der Waals surface area contributed by atoms with Crippen molar-refractivity contribution in [2.75, 3.05) is 5.32 Å². The highest BCUT2D eigenvalue weighted by atomic mass is 32.1. The maximum atomic E-state index is 12.3. The Morgan fingerprint density at radius 1 is 1.08 bits per heavy atom. The SMILES string of the molecule is CC(=O)c1csc(NC(=O)c2ccc3c(=O)n(C)c(=O)n(C)c3n2)n1. The van der Waals surface area contributed by atoms with Gasteiger partial charge in [0.15, 0.2) is 10.9 Å². The van der Waals surface area contributed by atoms with Crippen molar-refractivity contribution < 1.29 is 9.59 Å². The fraction of sp³-hybridized carbons (Fsp3) is 0.200. The summed E-state index contributed by atoms with van der Waals surface area (Å²) < 4.78 is 2.17. The number of Topliss-reactive ketones (excluding diaryl/α,β-unsaturated/α-hetero) is 1. The summed E-state index contributed by atoms with van der Waals surface area (Å²) in [6.07, 6.45) is 0. The maximum absolute atomic E-state index is 12.3. The third-order valence-corrected chi connectivity index (χ3v) is 4.38. The Labute approximate surface area is 144 Å². The molecule has 3 rings (SSSR count). The van der Waals surface area contributed by atoms with Gasteiger partial charge in [-0.2, -0.15) is 0 Å². The number of nitrogens with zero attached hydrogens (tertiary/aromatic N) is 4. The predicted molar refractivity (Wildman–Crippen MR) is 92.3 cm³/mol. The molecule has 0 unspecified atom stereocenters. The Kier molecular flexibility index (Phi) is 4.05. The molecule has 0 saturated carbocycles. The summed E-state index contributed by atoms with van der Waals surface area (Å²) in [5, 5.41) is 4.57. The fourth-order valence-corrected chi connectivity index (χ4v) is 2.98. The summed E-state index contributed by atoms with van der Waals surface area (Å²) in [5.74, 6) is -0.758. The first-order valence-corrected chi connectivity index (χ1v) is 8.02. The minimum absolute atomic E-state index is 0.0235. The van der Waals surface area contributed by atoms with Gasteiger partial charge in [0.2, 0.25) is 0 Å². The van der Waals surface area contributed by atoms with Crippen molar-refractivity contribution >= 4 is 39.2 Å². The summed E-state index contributed by atoms with van der Waals surface area (Å²) in [7, 11) is 2.85. The molecule has 10 heteroatoms. The first-order chi connectivity index (χ1) is 11.8. The van der Waals surface area contributed by atoms with Crippen molar-refractivity contribution in [2.24, 2.45) is 14.1 Å². The van der Waals surface area contributed by atoms with Crippen molar-refractivity contribution in [1.82, 2.24) is 19.1 Å². The van der Waals surface area contributed by atoms with Crippen molar-refractivity contribution in [2.45, 2.75) is 6.92 Å². The molecule has 0 saturated heterocycles. The van der Waals surface area contributed by atoms with E-state index in [0.717, 1.165) is 15.9 Å². The molecule has 128 valence electrons. The summed E-state index contributed by atoms with van der Waals surface area (Å²) in [5.41, 5.74) is -0.616. The number of thiazole rings is 1. The third-order valence-electron chi connectivity index (χ3n) is 3.62. The highest BCUT2D eigenvalue weighted by Gasteiger charge is 2.15. The van der Waals surface area contributed by atoms with E-state index >= 15 is 0 Å². The second-order valence-electron chi connectivity index (χ2n) is 5.32. The molecule has 3 aromatic rings. The predicted octanol–water partition coefficient (Wildman–Crippen LogP) is 0.544. The molecule has 0 fully saturated rings. The monoisotopic (exact) mass is 359 g/mol. The van der Waals surface area contributed by atoms with Crippen molar-refractivity contribution in [3.63, 3.8) is 0 Å². The van der Waals surface area contributed by atoms with Crippen LogP contribution in [0.2, 0.25) is 0 Å². The lowest BCUT2D eigenvalue weighted by Crippen LogP contribution is -2.37. The van der Waals surface area contributed by atoms with E-state index in [1.54, 1.807) is 5.38 Å². The molecule has 0 atom stereocenters. The van der Waals surface area contributed by atoms with Crippen LogP contribution in [0.4, 0.5) is 5.13 Å². The molecule has 25 heavy (non-hydrogen) atoms. The Bertz CT molecular complexity index is 1140. The van der Waals surface area contributed by atoms with Gasteiger partial charge in [-0.25, -0.2) is 14.8 Å². The minimum Gasteiger partial charge on any atom is -0.296 e. The van der Waals surface area contributed by atoms with E-state index < -0.39 is 17.2 Å². The van der Waals surface area contributed by atoms with Gasteiger partial charge in [0.1, 0.15) is 17.0 Å². The van der Waals surface area contributed by atoms with Gasteiger partial charge in [-0.05, 0) is 12.1 Å². The van der Waals surface area contributed by atoms with Gasteiger partial charge in [0.05, 0.1) is 5.39 Å². The number of aromatic nitrogens is 4. The van der Waals surface area contributed by atoms with Crippen LogP contribution in [-0.2, 0) is 14.1 Å². The number of aryl methyl sites for hydroxylation is 1. The zero-order valence-corrected chi connectivity index (χ0v) is 14.4. The minimum atomic E-state index is -0.556. The molecule has 1 amide bonds. The Hall–Kier alpha value is -3.14. The molecule has 1 N–H and O–H groups in total. The number of anilines is 1. The molecule has 0 radical (unpaired) electrons. The lowest BCUT2D eigenvalue weighted by Gasteiger charge is -2.08. The molecule has 0 aliphatic carbocycles. The number of pyridine rings is 1. The topological polar surface area (TPSA) is 116 Å². The highest BCUT2D eigenvalue weighted by Crippen LogP contribution is 2.17. The molecule has 0 spiro atoms. The lowest BCUT2D eigenvalue weighted by molar-refractivity contribution is 0.100. The summed E-state index contributed by atoms with van der Waals surface area (Å²) in [6.45, 7) is 1.38. The first kappa shape index (κ1) is 16.7. The van der Waals surface area contributed by atoms with Crippen LogP contribution < -0.4 is 16.6 Å². The van der Waals surface area contributed by atoms with Crippen LogP contribution in [0.3, 0.4) is 0 Å². The van der Waals surface area contributed by atoms with Crippen LogP contribution in [0.5, 0.6) is 0 Å². The van der Waals surface area contributed by atoms with Gasteiger partial charge in [0.25, 0.3) is 11.5 Å². The smallest absolute Gasteiger partial charge is 0.296 e. The van der Waals surface area contributed by atoms with E-state index in [2.05, 4.69) is 15.3 Å². The molecule has 0 aromatic carbocycles. The average molecular weight is 359 g/mol. The average Bonchev–Trinajstić information content (AvgIpc) is 3.06. The quantitative estimate of drug-likeness (QED) is 0.683. The van der Waals surface area contributed by atoms with Gasteiger partial charge < -0.3 is 0 Å². The number of hydrogen-bond acceptors (Lipinski definition) is 7. The van der Waals surface area contributed by atoms with Crippen LogP contribution in [0, 0.1) is 0 Å². The second-order valence-corrected chi connectivity index (χ2v) is 6.18. The van der Waals surface area contributed by atoms with Crippen LogP contribution in [0.1, 0.15) is 27.9 Å². The summed E-state index contributed by atoms with van der Waals surface area (Å²) in [6, 6.07) is 2.84. The van der Waals surface area contributed by atoms with Crippen LogP contribution in [0.25, 0.3) is 11.0 Å². The van der Waals surface area contributed by atoms with Gasteiger partial charge in [-0.15, -0.1) is 11.3 Å². The van der Waals surface area contributed by atoms with E-state index in [9.17, 15) is 19.2 Å². The van der Waals surface area contributed by atoms with E-state index in [1.165, 1.54) is 37.7 Å². The molecular weight excluding hydrogens is 346 g/mol. The number of carbonyl (C=O) groups excluding carboxylic acids is 2. The largest absolute Gasteiger partial charge is 0.332 e. The van der Waals surface area contributed by atoms with Crippen LogP contribution >= 0.6 is 11.3 Å².